The molecule has 93 heavy (non-hydrogen) atoms. The molecule has 6 saturated heterocycles. The zero-order chi connectivity index (χ0) is 70.0. The van der Waals surface area contributed by atoms with E-state index < -0.39 is 72.1 Å². The minimum absolute atomic E-state index is 0.00124. The maximum absolute atomic E-state index is 15.4. The number of Topliss-reactive ketones (excluding diaryl/α,β-unsaturated/α-hetero) is 1. The van der Waals surface area contributed by atoms with Crippen molar-refractivity contribution in [3.63, 3.8) is 0 Å². The van der Waals surface area contributed by atoms with Crippen molar-refractivity contribution < 1.29 is 64.8 Å². The van der Waals surface area contributed by atoms with E-state index in [9.17, 15) is 0 Å². The number of hydrogen-bond acceptors (Lipinski definition) is 14. The van der Waals surface area contributed by atoms with Crippen molar-refractivity contribution in [1.82, 2.24) is 0 Å². The Morgan fingerprint density at radius 1 is 0.613 bits per heavy atom. The van der Waals surface area contributed by atoms with Crippen LogP contribution in [0.25, 0.3) is 0 Å². The fourth-order valence-electron chi connectivity index (χ4n) is 13.0. The van der Waals surface area contributed by atoms with Gasteiger partial charge in [-0.05, 0) is 169 Å². The number of methoxy groups -OCH3 is 1. The van der Waals surface area contributed by atoms with Crippen LogP contribution in [-0.4, -0.2) is 172 Å². The molecule has 3 unspecified atom stereocenters. The van der Waals surface area contributed by atoms with E-state index in [4.69, 9.17) is 66.6 Å². The van der Waals surface area contributed by atoms with Gasteiger partial charge in [0.15, 0.2) is 47.9 Å². The van der Waals surface area contributed by atoms with Crippen LogP contribution in [0.15, 0.2) is 34.5 Å². The minimum atomic E-state index is -2.50. The van der Waals surface area contributed by atoms with Gasteiger partial charge in [-0.15, -0.1) is 0 Å². The highest BCUT2D eigenvalue weighted by Gasteiger charge is 2.59. The van der Waals surface area contributed by atoms with E-state index in [1.165, 1.54) is 0 Å². The first-order valence-corrected chi connectivity index (χ1v) is 51.8. The maximum Gasteiger partial charge on any atom is 0.193 e. The number of ether oxygens (including phenoxy) is 8. The number of hydrogen-bond donors (Lipinski definition) is 0. The molecule has 0 aromatic rings. The third-order valence-electron chi connectivity index (χ3n) is 24.2. The Hall–Kier alpha value is 0.184. The van der Waals surface area contributed by atoms with E-state index in [0.29, 0.717) is 32.3 Å². The van der Waals surface area contributed by atoms with Crippen molar-refractivity contribution >= 4 is 70.0 Å². The number of carbonyl (C=O) groups excluding carboxylic acids is 1. The second-order valence-corrected chi connectivity index (χ2v) is 61.2. The van der Waals surface area contributed by atoms with Crippen molar-refractivity contribution in [1.29, 1.82) is 0 Å². The number of rotatable bonds is 28. The third-order valence-corrected chi connectivity index (χ3v) is 47.1. The first kappa shape index (κ1) is 82.1. The molecule has 0 amide bonds. The summed E-state index contributed by atoms with van der Waals surface area (Å²) in [6.45, 7) is 71.0. The van der Waals surface area contributed by atoms with Crippen molar-refractivity contribution in [3.8, 4) is 0 Å². The topological polar surface area (TPSA) is 137 Å². The number of fused-ring (bicyclic) bond motifs is 1. The minimum Gasteiger partial charge on any atom is -0.414 e. The van der Waals surface area contributed by atoms with Gasteiger partial charge in [-0.25, -0.2) is 0 Å². The molecule has 6 aliphatic rings. The van der Waals surface area contributed by atoms with Crippen molar-refractivity contribution in [3.05, 3.63) is 34.5 Å². The zero-order valence-corrected chi connectivity index (χ0v) is 71.0. The Kier molecular flexibility index (Phi) is 28.5. The van der Waals surface area contributed by atoms with Gasteiger partial charge >= 0.3 is 0 Å². The number of carbonyl (C=O) groups is 1. The molecule has 0 bridgehead atoms. The highest BCUT2D eigenvalue weighted by molar-refractivity contribution is 14.1. The van der Waals surface area contributed by atoms with Gasteiger partial charge < -0.3 is 60.0 Å². The standard InChI is InChI=1S/C73H137IO14Si5/c1-48-41-52(31-34-57-49(2)42-53(80-57)33-36-63-77-39-30-40-78-63)81-60(50(48)3)46-61-56(64(76-19)62(83-61)45-55(85-90(22,23)70(7,8)9)47-79-89(20,21)69(4,5)6)44-51(75)43-54-32-35-58-65(82-54)67(87-92(26,27)72(13,14)15)68(88-93(28,29)73(16,17)18)66(84-58)59(37-38-74)86-91(24,25)71(10,11)12/h37-38,48,52-68H,2-3,30-36,39-47H2,1,4-29H3/b38-37+/t48-,52+,53+,54-,55+,56+,57+,58+,59?,60-,61+,62-,64-,65+,66+,67?,68?/m1/s1. The summed E-state index contributed by atoms with van der Waals surface area (Å²) in [6, 6.07) is 0. The molecule has 20 heteroatoms. The predicted octanol–water partition coefficient (Wildman–Crippen LogP) is 18.7. The Balaban J connectivity index is 1.30. The van der Waals surface area contributed by atoms with Gasteiger partial charge in [0.05, 0.1) is 87.0 Å². The maximum atomic E-state index is 15.4. The summed E-state index contributed by atoms with van der Waals surface area (Å²) >= 11 is 2.32. The molecule has 6 heterocycles. The van der Waals surface area contributed by atoms with Crippen LogP contribution in [0.3, 0.4) is 0 Å². The second kappa shape index (κ2) is 32.2. The van der Waals surface area contributed by atoms with Gasteiger partial charge in [0.2, 0.25) is 0 Å². The average Bonchev–Trinajstić information content (AvgIpc) is 1.22. The smallest absolute Gasteiger partial charge is 0.193 e. The van der Waals surface area contributed by atoms with E-state index in [1.807, 2.05) is 0 Å². The summed E-state index contributed by atoms with van der Waals surface area (Å²) in [5.74, 6) is 0.0807. The van der Waals surface area contributed by atoms with Crippen molar-refractivity contribution in [2.45, 2.75) is 383 Å². The van der Waals surface area contributed by atoms with Gasteiger partial charge in [-0.2, -0.15) is 0 Å². The highest BCUT2D eigenvalue weighted by Crippen LogP contribution is 2.50. The van der Waals surface area contributed by atoms with E-state index in [2.05, 4.69) is 216 Å². The predicted molar refractivity (Wildman–Crippen MR) is 400 cm³/mol. The molecule has 0 aromatic carbocycles. The van der Waals surface area contributed by atoms with Crippen LogP contribution < -0.4 is 0 Å². The lowest BCUT2D eigenvalue weighted by Gasteiger charge is -2.56. The Morgan fingerprint density at radius 3 is 1.72 bits per heavy atom. The van der Waals surface area contributed by atoms with Gasteiger partial charge in [-0.3, -0.25) is 4.79 Å². The number of ketones is 1. The van der Waals surface area contributed by atoms with E-state index in [1.54, 1.807) is 7.11 Å². The summed E-state index contributed by atoms with van der Waals surface area (Å²) in [6.07, 6.45) is 6.62. The summed E-state index contributed by atoms with van der Waals surface area (Å²) in [5.41, 5.74) is 2.23. The molecular formula is C73H137IO14Si5. The van der Waals surface area contributed by atoms with Crippen LogP contribution in [0.2, 0.25) is 90.7 Å². The SMILES string of the molecule is C=C1C[C@H](CCC2OCCCO2)O[C@H]1CC[C@H]1C[C@@H](C)C(=C)[C@@H](C[C@@H]2O[C@H](C[C@@H](CO[Si](C)(C)C(C)(C)C)O[Si](C)(C)C(C)(C)C)[C@H](OC)[C@H]2CC(=O)C[C@H]2CC[C@@H]3O[C@@H](C(/C=C/I)O[Si](C)(C)C(C)(C)C)C(O[Si](C)(C)C(C)(C)C)C(O[Si](C)(C)C(C)(C)C)[C@H]3O2)O1. The fourth-order valence-corrected chi connectivity index (χ4v) is 19.6. The normalized spacial score (nSPS) is 32.2. The second-order valence-electron chi connectivity index (χ2n) is 36.6. The van der Waals surface area contributed by atoms with Gasteiger partial charge in [0.25, 0.3) is 0 Å². The monoisotopic (exact) mass is 1500 g/mol. The van der Waals surface area contributed by atoms with Crippen LogP contribution in [0, 0.1) is 11.8 Å². The molecule has 17 atom stereocenters. The first-order valence-electron chi connectivity index (χ1n) is 36.1. The summed E-state index contributed by atoms with van der Waals surface area (Å²) in [7, 11) is -10.0. The molecule has 0 N–H and O–H groups in total. The third kappa shape index (κ3) is 21.4. The summed E-state index contributed by atoms with van der Waals surface area (Å²) < 4.78 is 93.9. The largest absolute Gasteiger partial charge is 0.414 e. The Bertz CT molecular complexity index is 2450. The molecule has 0 saturated carbocycles. The Morgan fingerprint density at radius 2 is 1.16 bits per heavy atom. The first-order chi connectivity index (χ1) is 42.5. The van der Waals surface area contributed by atoms with Crippen molar-refractivity contribution in [2.24, 2.45) is 11.8 Å². The summed E-state index contributed by atoms with van der Waals surface area (Å²) in [4.78, 5) is 15.4. The van der Waals surface area contributed by atoms with E-state index >= 15 is 4.79 Å². The van der Waals surface area contributed by atoms with Crippen LogP contribution in [-0.2, 0) is 64.8 Å². The van der Waals surface area contributed by atoms with Crippen LogP contribution in [0.4, 0.5) is 0 Å². The van der Waals surface area contributed by atoms with Crippen molar-refractivity contribution in [2.75, 3.05) is 26.9 Å². The Labute approximate surface area is 586 Å². The quantitative estimate of drug-likeness (QED) is 0.0417. The molecule has 0 spiro atoms. The molecule has 0 radical (unpaired) electrons. The number of halogens is 1. The van der Waals surface area contributed by atoms with Gasteiger partial charge in [-0.1, -0.05) is 147 Å². The average molecular weight is 1510 g/mol. The molecule has 0 aromatic heterocycles. The molecule has 14 nitrogen and oxygen atoms in total. The highest BCUT2D eigenvalue weighted by atomic mass is 127. The molecule has 6 rings (SSSR count). The molecule has 0 aliphatic carbocycles. The van der Waals surface area contributed by atoms with E-state index in [-0.39, 0.29) is 123 Å². The van der Waals surface area contributed by atoms with Gasteiger partial charge in [0, 0.05) is 45.1 Å². The van der Waals surface area contributed by atoms with Gasteiger partial charge in [0.1, 0.15) is 30.2 Å². The summed E-state index contributed by atoms with van der Waals surface area (Å²) in [5, 5.41) is -0.259. The molecule has 6 fully saturated rings. The fraction of sp³-hybridized carbons (Fsp3) is 0.904. The lowest BCUT2D eigenvalue weighted by molar-refractivity contribution is -0.266. The van der Waals surface area contributed by atoms with Crippen LogP contribution in [0.5, 0.6) is 0 Å². The van der Waals surface area contributed by atoms with E-state index in [0.717, 1.165) is 69.3 Å². The molecular weight excluding hydrogens is 1370 g/mol. The lowest BCUT2D eigenvalue weighted by Crippen LogP contribution is -2.69. The molecule has 6 aliphatic heterocycles. The molecule has 540 valence electrons. The van der Waals surface area contributed by atoms with Crippen LogP contribution >= 0.6 is 22.6 Å². The van der Waals surface area contributed by atoms with Crippen LogP contribution in [0.1, 0.15) is 194 Å². The lowest BCUT2D eigenvalue weighted by atomic mass is 9.81. The zero-order valence-electron chi connectivity index (χ0n) is 63.9.